The molecule has 0 aliphatic rings. The van der Waals surface area contributed by atoms with Gasteiger partial charge in [0, 0.05) is 6.54 Å². The lowest BCUT2D eigenvalue weighted by Crippen LogP contribution is -2.15. The van der Waals surface area contributed by atoms with Crippen molar-refractivity contribution in [3.8, 4) is 11.5 Å². The molecule has 0 saturated carbocycles. The second-order valence-electron chi connectivity index (χ2n) is 9.70. The average Bonchev–Trinajstić information content (AvgIpc) is 2.94. The van der Waals surface area contributed by atoms with E-state index in [9.17, 15) is 0 Å². The third-order valence-corrected chi connectivity index (χ3v) is 6.42. The summed E-state index contributed by atoms with van der Waals surface area (Å²) in [4.78, 5) is 13.3. The highest BCUT2D eigenvalue weighted by molar-refractivity contribution is 5.98. The van der Waals surface area contributed by atoms with E-state index in [4.69, 9.17) is 14.5 Å². The Morgan fingerprint density at radius 3 is 1.95 bits per heavy atom. The number of hydrogen-bond donors (Lipinski definition) is 1. The maximum Gasteiger partial charge on any atom is 0.165 e. The first-order valence-corrected chi connectivity index (χ1v) is 13.8. The molecule has 0 unspecified atom stereocenters. The summed E-state index contributed by atoms with van der Waals surface area (Å²) in [5, 5.41) is 3.11. The number of benzene rings is 3. The first kappa shape index (κ1) is 29.4. The summed E-state index contributed by atoms with van der Waals surface area (Å²) in [5.41, 5.74) is 6.04. The van der Waals surface area contributed by atoms with Gasteiger partial charge in [0.2, 0.25) is 0 Å². The van der Waals surface area contributed by atoms with Crippen LogP contribution in [0.4, 0.5) is 0 Å². The molecule has 5 nitrogen and oxygen atoms in total. The number of ether oxygens (including phenoxy) is 1. The number of likely N-dealkylation sites (N-methyl/N-ethyl adjacent to an activating group) is 1. The number of allylic oxidation sites excluding steroid dienone is 1. The lowest BCUT2D eigenvalue weighted by atomic mass is 9.88. The quantitative estimate of drug-likeness (QED) is 0.0898. The normalized spacial score (nSPS) is 11.9. The molecule has 1 N–H and O–H groups in total. The standard InChI is InChI=1S/C33H44N2O3/c1-5-32(27-13-9-8-10-14-27)33(28-15-19-30(20-16-28)36-26-23-34-2)29-17-21-31(22-18-29)38-37-25-12-7-6-11-24-35(3)4/h8-10,13-22,34H,5-7,11-12,23-26H2,1-4H3/b33-32-. The average molecular weight is 517 g/mol. The minimum atomic E-state index is 0.603. The van der Waals surface area contributed by atoms with Crippen LogP contribution in [-0.4, -0.2) is 52.3 Å². The summed E-state index contributed by atoms with van der Waals surface area (Å²) in [6, 6.07) is 27.2. The highest BCUT2D eigenvalue weighted by atomic mass is 17.2. The molecule has 0 aliphatic carbocycles. The highest BCUT2D eigenvalue weighted by Crippen LogP contribution is 2.35. The van der Waals surface area contributed by atoms with Crippen molar-refractivity contribution in [1.29, 1.82) is 0 Å². The topological polar surface area (TPSA) is 43.0 Å². The van der Waals surface area contributed by atoms with Gasteiger partial charge in [0.1, 0.15) is 12.4 Å². The molecule has 0 fully saturated rings. The van der Waals surface area contributed by atoms with Crippen LogP contribution in [0.1, 0.15) is 55.7 Å². The minimum absolute atomic E-state index is 0.603. The zero-order chi connectivity index (χ0) is 27.0. The van der Waals surface area contributed by atoms with Crippen LogP contribution in [0.2, 0.25) is 0 Å². The van der Waals surface area contributed by atoms with E-state index in [0.717, 1.165) is 49.2 Å². The Labute approximate surface area is 229 Å². The number of rotatable bonds is 17. The molecule has 5 heteroatoms. The van der Waals surface area contributed by atoms with Gasteiger partial charge in [0.15, 0.2) is 5.75 Å². The van der Waals surface area contributed by atoms with Crippen molar-refractivity contribution in [1.82, 2.24) is 10.2 Å². The molecule has 3 aromatic rings. The number of unbranched alkanes of at least 4 members (excludes halogenated alkanes) is 3. The Bertz CT molecular complexity index is 1080. The summed E-state index contributed by atoms with van der Waals surface area (Å²) in [6.45, 7) is 5.41. The molecule has 0 amide bonds. The van der Waals surface area contributed by atoms with Crippen molar-refractivity contribution in [3.63, 3.8) is 0 Å². The maximum atomic E-state index is 5.85. The van der Waals surface area contributed by atoms with Crippen molar-refractivity contribution in [2.24, 2.45) is 0 Å². The zero-order valence-corrected chi connectivity index (χ0v) is 23.5. The molecule has 3 rings (SSSR count). The van der Waals surface area contributed by atoms with E-state index in [1.807, 2.05) is 19.2 Å². The third-order valence-electron chi connectivity index (χ3n) is 6.42. The Morgan fingerprint density at radius 2 is 1.34 bits per heavy atom. The van der Waals surface area contributed by atoms with Gasteiger partial charge in [-0.25, -0.2) is 0 Å². The van der Waals surface area contributed by atoms with E-state index >= 15 is 0 Å². The van der Waals surface area contributed by atoms with Gasteiger partial charge in [0.05, 0.1) is 6.61 Å². The molecule has 0 radical (unpaired) electrons. The second-order valence-corrected chi connectivity index (χ2v) is 9.70. The first-order chi connectivity index (χ1) is 18.6. The molecule has 0 atom stereocenters. The van der Waals surface area contributed by atoms with Crippen LogP contribution in [-0.2, 0) is 4.89 Å². The Morgan fingerprint density at radius 1 is 0.711 bits per heavy atom. The lowest BCUT2D eigenvalue weighted by molar-refractivity contribution is -0.207. The first-order valence-electron chi connectivity index (χ1n) is 13.8. The molecule has 0 bridgehead atoms. The largest absolute Gasteiger partial charge is 0.492 e. The van der Waals surface area contributed by atoms with Crippen molar-refractivity contribution in [3.05, 3.63) is 95.6 Å². The molecule has 0 spiro atoms. The van der Waals surface area contributed by atoms with Crippen LogP contribution >= 0.6 is 0 Å². The van der Waals surface area contributed by atoms with Gasteiger partial charge in [-0.05, 0) is 99.1 Å². The van der Waals surface area contributed by atoms with Gasteiger partial charge in [-0.2, -0.15) is 4.89 Å². The Kier molecular flexibility index (Phi) is 12.9. The summed E-state index contributed by atoms with van der Waals surface area (Å²) in [6.07, 6.45) is 5.51. The smallest absolute Gasteiger partial charge is 0.165 e. The summed E-state index contributed by atoms with van der Waals surface area (Å²) < 4.78 is 5.85. The molecular formula is C33H44N2O3. The fraction of sp³-hybridized carbons (Fsp3) is 0.394. The SMILES string of the molecule is CC/C(=C(\c1ccc(OCCNC)cc1)c1ccc(OOCCCCCCN(C)C)cc1)c1ccccc1. The van der Waals surface area contributed by atoms with Gasteiger partial charge in [0.25, 0.3) is 0 Å². The van der Waals surface area contributed by atoms with Crippen LogP contribution in [0.3, 0.4) is 0 Å². The third kappa shape index (κ3) is 9.64. The zero-order valence-electron chi connectivity index (χ0n) is 23.5. The van der Waals surface area contributed by atoms with E-state index in [-0.39, 0.29) is 0 Å². The monoisotopic (exact) mass is 516 g/mol. The van der Waals surface area contributed by atoms with Gasteiger partial charge in [-0.1, -0.05) is 74.4 Å². The van der Waals surface area contributed by atoms with E-state index in [2.05, 4.69) is 98.0 Å². The fourth-order valence-electron chi connectivity index (χ4n) is 4.40. The van der Waals surface area contributed by atoms with E-state index in [1.165, 1.54) is 29.6 Å². The molecule has 38 heavy (non-hydrogen) atoms. The predicted octanol–water partition coefficient (Wildman–Crippen LogP) is 7.09. The van der Waals surface area contributed by atoms with Gasteiger partial charge >= 0.3 is 0 Å². The number of nitrogens with one attached hydrogen (secondary N) is 1. The summed E-state index contributed by atoms with van der Waals surface area (Å²) in [7, 11) is 6.16. The van der Waals surface area contributed by atoms with Crippen molar-refractivity contribution in [2.45, 2.75) is 39.0 Å². The van der Waals surface area contributed by atoms with Gasteiger partial charge in [-0.3, -0.25) is 0 Å². The summed E-state index contributed by atoms with van der Waals surface area (Å²) >= 11 is 0. The molecule has 0 aliphatic heterocycles. The minimum Gasteiger partial charge on any atom is -0.492 e. The van der Waals surface area contributed by atoms with E-state index < -0.39 is 0 Å². The Hall–Kier alpha value is -3.12. The fourth-order valence-corrected chi connectivity index (χ4v) is 4.40. The molecular weight excluding hydrogens is 472 g/mol. The predicted molar refractivity (Wildman–Crippen MR) is 159 cm³/mol. The lowest BCUT2D eigenvalue weighted by Gasteiger charge is -2.17. The molecule has 204 valence electrons. The molecule has 0 heterocycles. The van der Waals surface area contributed by atoms with Crippen molar-refractivity contribution < 1.29 is 14.5 Å². The van der Waals surface area contributed by atoms with Gasteiger partial charge in [-0.15, -0.1) is 0 Å². The van der Waals surface area contributed by atoms with E-state index in [1.54, 1.807) is 0 Å². The second kappa shape index (κ2) is 16.7. The Balaban J connectivity index is 1.72. The highest BCUT2D eigenvalue weighted by Gasteiger charge is 2.14. The van der Waals surface area contributed by atoms with Crippen molar-refractivity contribution in [2.75, 3.05) is 47.4 Å². The number of nitrogens with zero attached hydrogens (tertiary/aromatic N) is 1. The van der Waals surface area contributed by atoms with Crippen LogP contribution in [0.15, 0.2) is 78.9 Å². The van der Waals surface area contributed by atoms with Crippen molar-refractivity contribution >= 4 is 11.1 Å². The van der Waals surface area contributed by atoms with E-state index in [0.29, 0.717) is 19.0 Å². The van der Waals surface area contributed by atoms with Crippen LogP contribution in [0.5, 0.6) is 11.5 Å². The molecule has 0 aromatic heterocycles. The van der Waals surface area contributed by atoms with Crippen LogP contribution in [0.25, 0.3) is 11.1 Å². The number of hydrogen-bond acceptors (Lipinski definition) is 5. The molecule has 0 saturated heterocycles. The van der Waals surface area contributed by atoms with Crippen LogP contribution in [0, 0.1) is 0 Å². The maximum absolute atomic E-state index is 5.85. The summed E-state index contributed by atoms with van der Waals surface area (Å²) in [5.74, 6) is 1.59. The van der Waals surface area contributed by atoms with Crippen LogP contribution < -0.4 is 14.9 Å². The van der Waals surface area contributed by atoms with Gasteiger partial charge < -0.3 is 19.8 Å². The molecule has 3 aromatic carbocycles.